The summed E-state index contributed by atoms with van der Waals surface area (Å²) in [7, 11) is 3.29. The van der Waals surface area contributed by atoms with Crippen molar-refractivity contribution in [2.75, 3.05) is 27.3 Å². The zero-order valence-electron chi connectivity index (χ0n) is 9.64. The molecule has 1 N–H and O–H groups in total. The Morgan fingerprint density at radius 3 is 2.19 bits per heavy atom. The molecule has 1 aliphatic rings. The van der Waals surface area contributed by atoms with Gasteiger partial charge in [-0.3, -0.25) is 4.90 Å². The standard InChI is InChI=1S/C12H17NO3/c1-15-11-3-9(4-12(5-11)16-2)6-13-7-10(14)8-13/h3-5,10,14H,6-8H2,1-2H3. The molecule has 4 heteroatoms. The Labute approximate surface area is 95.4 Å². The van der Waals surface area contributed by atoms with Gasteiger partial charge in [-0.05, 0) is 17.7 Å². The SMILES string of the molecule is COc1cc(CN2CC(O)C2)cc(OC)c1. The van der Waals surface area contributed by atoms with Crippen molar-refractivity contribution in [2.24, 2.45) is 0 Å². The van der Waals surface area contributed by atoms with Gasteiger partial charge in [0.25, 0.3) is 0 Å². The number of aliphatic hydroxyl groups is 1. The Morgan fingerprint density at radius 1 is 1.19 bits per heavy atom. The Balaban J connectivity index is 2.07. The van der Waals surface area contributed by atoms with Crippen LogP contribution in [0.25, 0.3) is 0 Å². The van der Waals surface area contributed by atoms with E-state index >= 15 is 0 Å². The van der Waals surface area contributed by atoms with E-state index in [1.54, 1.807) is 14.2 Å². The molecule has 0 spiro atoms. The van der Waals surface area contributed by atoms with Crippen LogP contribution in [0, 0.1) is 0 Å². The van der Waals surface area contributed by atoms with Crippen molar-refractivity contribution < 1.29 is 14.6 Å². The van der Waals surface area contributed by atoms with E-state index in [0.717, 1.165) is 36.7 Å². The molecular formula is C12H17NO3. The minimum Gasteiger partial charge on any atom is -0.497 e. The van der Waals surface area contributed by atoms with E-state index in [1.807, 2.05) is 18.2 Å². The lowest BCUT2D eigenvalue weighted by Gasteiger charge is -2.35. The molecule has 0 aliphatic carbocycles. The molecule has 1 aliphatic heterocycles. The number of ether oxygens (including phenoxy) is 2. The molecular weight excluding hydrogens is 206 g/mol. The largest absolute Gasteiger partial charge is 0.497 e. The van der Waals surface area contributed by atoms with Crippen molar-refractivity contribution in [1.82, 2.24) is 4.90 Å². The van der Waals surface area contributed by atoms with Gasteiger partial charge in [0.05, 0.1) is 20.3 Å². The van der Waals surface area contributed by atoms with Crippen LogP contribution in [0.2, 0.25) is 0 Å². The first-order valence-corrected chi connectivity index (χ1v) is 5.33. The van der Waals surface area contributed by atoms with Crippen molar-refractivity contribution in [1.29, 1.82) is 0 Å². The number of likely N-dealkylation sites (tertiary alicyclic amines) is 1. The van der Waals surface area contributed by atoms with E-state index in [2.05, 4.69) is 4.90 Å². The minimum absolute atomic E-state index is 0.160. The van der Waals surface area contributed by atoms with Gasteiger partial charge in [-0.25, -0.2) is 0 Å². The first kappa shape index (κ1) is 11.2. The predicted molar refractivity (Wildman–Crippen MR) is 60.8 cm³/mol. The molecule has 1 saturated heterocycles. The number of β-amino-alcohol motifs (C(OH)–C–C–N with tert-alkyl or cyclic N) is 1. The summed E-state index contributed by atoms with van der Waals surface area (Å²) < 4.78 is 10.4. The third-order valence-electron chi connectivity index (χ3n) is 2.76. The summed E-state index contributed by atoms with van der Waals surface area (Å²) in [5, 5.41) is 9.21. The highest BCUT2D eigenvalue weighted by Gasteiger charge is 2.24. The molecule has 2 rings (SSSR count). The van der Waals surface area contributed by atoms with Gasteiger partial charge in [0.1, 0.15) is 11.5 Å². The van der Waals surface area contributed by atoms with Gasteiger partial charge < -0.3 is 14.6 Å². The van der Waals surface area contributed by atoms with E-state index in [1.165, 1.54) is 0 Å². The van der Waals surface area contributed by atoms with Crippen LogP contribution >= 0.6 is 0 Å². The molecule has 1 aromatic carbocycles. The van der Waals surface area contributed by atoms with E-state index in [4.69, 9.17) is 9.47 Å². The molecule has 1 fully saturated rings. The molecule has 1 aromatic rings. The van der Waals surface area contributed by atoms with Crippen LogP contribution in [-0.4, -0.2) is 43.4 Å². The van der Waals surface area contributed by atoms with Crippen molar-refractivity contribution in [2.45, 2.75) is 12.6 Å². The molecule has 0 radical (unpaired) electrons. The first-order valence-electron chi connectivity index (χ1n) is 5.33. The number of hydrogen-bond acceptors (Lipinski definition) is 4. The Kier molecular flexibility index (Phi) is 3.31. The van der Waals surface area contributed by atoms with Crippen LogP contribution in [-0.2, 0) is 6.54 Å². The second-order valence-electron chi connectivity index (χ2n) is 4.07. The van der Waals surface area contributed by atoms with Gasteiger partial charge in [-0.15, -0.1) is 0 Å². The lowest BCUT2D eigenvalue weighted by atomic mass is 10.1. The molecule has 4 nitrogen and oxygen atoms in total. The highest BCUT2D eigenvalue weighted by Crippen LogP contribution is 2.24. The van der Waals surface area contributed by atoms with Crippen LogP contribution in [0.4, 0.5) is 0 Å². The lowest BCUT2D eigenvalue weighted by Crippen LogP contribution is -2.49. The van der Waals surface area contributed by atoms with Gasteiger partial charge in [-0.1, -0.05) is 0 Å². The normalized spacial score (nSPS) is 16.9. The van der Waals surface area contributed by atoms with Gasteiger partial charge in [-0.2, -0.15) is 0 Å². The fourth-order valence-corrected chi connectivity index (χ4v) is 1.89. The van der Waals surface area contributed by atoms with Crippen LogP contribution in [0.15, 0.2) is 18.2 Å². The Bertz CT molecular complexity index is 339. The highest BCUT2D eigenvalue weighted by molar-refractivity contribution is 5.38. The van der Waals surface area contributed by atoms with E-state index in [9.17, 15) is 5.11 Å². The summed E-state index contributed by atoms with van der Waals surface area (Å²) in [5.74, 6) is 1.60. The molecule has 0 amide bonds. The zero-order chi connectivity index (χ0) is 11.5. The Morgan fingerprint density at radius 2 is 1.75 bits per heavy atom. The zero-order valence-corrected chi connectivity index (χ0v) is 9.64. The summed E-state index contributed by atoms with van der Waals surface area (Å²) in [5.41, 5.74) is 1.14. The van der Waals surface area contributed by atoms with Gasteiger partial charge >= 0.3 is 0 Å². The summed E-state index contributed by atoms with van der Waals surface area (Å²) in [6.45, 7) is 2.32. The van der Waals surface area contributed by atoms with E-state index in [-0.39, 0.29) is 6.10 Å². The lowest BCUT2D eigenvalue weighted by molar-refractivity contribution is -0.00290. The van der Waals surface area contributed by atoms with Crippen molar-refractivity contribution in [3.8, 4) is 11.5 Å². The Hall–Kier alpha value is -1.26. The second-order valence-corrected chi connectivity index (χ2v) is 4.07. The molecule has 0 bridgehead atoms. The number of hydrogen-bond donors (Lipinski definition) is 1. The quantitative estimate of drug-likeness (QED) is 0.822. The fraction of sp³-hybridized carbons (Fsp3) is 0.500. The average molecular weight is 223 g/mol. The topological polar surface area (TPSA) is 41.9 Å². The maximum Gasteiger partial charge on any atom is 0.122 e. The fourth-order valence-electron chi connectivity index (χ4n) is 1.89. The second kappa shape index (κ2) is 4.72. The van der Waals surface area contributed by atoms with Crippen molar-refractivity contribution in [3.05, 3.63) is 23.8 Å². The number of rotatable bonds is 4. The number of aliphatic hydroxyl groups excluding tert-OH is 1. The van der Waals surface area contributed by atoms with Crippen LogP contribution in [0.1, 0.15) is 5.56 Å². The van der Waals surface area contributed by atoms with Crippen LogP contribution in [0.5, 0.6) is 11.5 Å². The summed E-state index contributed by atoms with van der Waals surface area (Å²) in [6.07, 6.45) is -0.160. The van der Waals surface area contributed by atoms with E-state index in [0.29, 0.717) is 0 Å². The molecule has 88 valence electrons. The van der Waals surface area contributed by atoms with Crippen molar-refractivity contribution >= 4 is 0 Å². The van der Waals surface area contributed by atoms with Gasteiger partial charge in [0.2, 0.25) is 0 Å². The molecule has 0 saturated carbocycles. The summed E-state index contributed by atoms with van der Waals surface area (Å²) in [4.78, 5) is 2.18. The first-order chi connectivity index (χ1) is 7.71. The smallest absolute Gasteiger partial charge is 0.122 e. The third-order valence-corrected chi connectivity index (χ3v) is 2.76. The monoisotopic (exact) mass is 223 g/mol. The highest BCUT2D eigenvalue weighted by atomic mass is 16.5. The minimum atomic E-state index is -0.160. The molecule has 0 aromatic heterocycles. The number of nitrogens with zero attached hydrogens (tertiary/aromatic N) is 1. The maximum absolute atomic E-state index is 9.21. The van der Waals surface area contributed by atoms with E-state index < -0.39 is 0 Å². The average Bonchev–Trinajstić information content (AvgIpc) is 2.26. The summed E-state index contributed by atoms with van der Waals surface area (Å²) in [6, 6.07) is 5.84. The predicted octanol–water partition coefficient (Wildman–Crippen LogP) is 0.880. The number of benzene rings is 1. The maximum atomic E-state index is 9.21. The summed E-state index contributed by atoms with van der Waals surface area (Å²) >= 11 is 0. The number of methoxy groups -OCH3 is 2. The molecule has 0 unspecified atom stereocenters. The third kappa shape index (κ3) is 2.46. The van der Waals surface area contributed by atoms with Crippen molar-refractivity contribution in [3.63, 3.8) is 0 Å². The van der Waals surface area contributed by atoms with Gasteiger partial charge in [0.15, 0.2) is 0 Å². The van der Waals surface area contributed by atoms with Crippen LogP contribution in [0.3, 0.4) is 0 Å². The molecule has 0 atom stereocenters. The molecule has 16 heavy (non-hydrogen) atoms. The molecule has 1 heterocycles. The van der Waals surface area contributed by atoms with Crippen LogP contribution < -0.4 is 9.47 Å². The van der Waals surface area contributed by atoms with Gasteiger partial charge in [0, 0.05) is 25.7 Å².